The first-order chi connectivity index (χ1) is 9.29. The molecule has 0 spiro atoms. The number of hydrogen-bond donors (Lipinski definition) is 1. The Morgan fingerprint density at radius 3 is 2.20 bits per heavy atom. The molecule has 2 unspecified atom stereocenters. The first-order valence-electron chi connectivity index (χ1n) is 7.52. The Kier molecular flexibility index (Phi) is 4.52. The molecular weight excluding hydrogens is 250 g/mol. The highest BCUT2D eigenvalue weighted by molar-refractivity contribution is 5.13. The van der Waals surface area contributed by atoms with Crippen LogP contribution in [-0.4, -0.2) is 57.3 Å². The summed E-state index contributed by atoms with van der Waals surface area (Å²) < 4.78 is 1.86. The van der Waals surface area contributed by atoms with Crippen molar-refractivity contribution >= 4 is 0 Å². The van der Waals surface area contributed by atoms with Gasteiger partial charge in [0, 0.05) is 56.6 Å². The number of nitrogens with zero attached hydrogens (tertiary/aromatic N) is 4. The van der Waals surface area contributed by atoms with Crippen molar-refractivity contribution in [3.8, 4) is 0 Å². The van der Waals surface area contributed by atoms with Gasteiger partial charge in [-0.15, -0.1) is 0 Å². The van der Waals surface area contributed by atoms with Gasteiger partial charge in [0.15, 0.2) is 0 Å². The van der Waals surface area contributed by atoms with E-state index in [0.29, 0.717) is 0 Å². The van der Waals surface area contributed by atoms with Crippen molar-refractivity contribution in [1.29, 1.82) is 0 Å². The van der Waals surface area contributed by atoms with E-state index < -0.39 is 0 Å². The molecule has 20 heavy (non-hydrogen) atoms. The maximum Gasteiger partial charge on any atom is 0.0538 e. The second kappa shape index (κ2) is 5.84. The Labute approximate surface area is 122 Å². The predicted octanol–water partition coefficient (Wildman–Crippen LogP) is 1.22. The summed E-state index contributed by atoms with van der Waals surface area (Å²) in [6, 6.07) is 0.381. The number of hydrogen-bond acceptors (Lipinski definition) is 4. The third-order valence-corrected chi connectivity index (χ3v) is 4.22. The zero-order valence-electron chi connectivity index (χ0n) is 13.5. The average Bonchev–Trinajstić information content (AvgIpc) is 2.75. The van der Waals surface area contributed by atoms with Gasteiger partial charge in [0.25, 0.3) is 0 Å². The van der Waals surface area contributed by atoms with Crippen molar-refractivity contribution in [2.45, 2.75) is 45.3 Å². The summed E-state index contributed by atoms with van der Waals surface area (Å²) in [7, 11) is 1.96. The summed E-state index contributed by atoms with van der Waals surface area (Å²) in [6.45, 7) is 13.3. The van der Waals surface area contributed by atoms with Crippen LogP contribution in [0.4, 0.5) is 0 Å². The molecule has 0 aliphatic carbocycles. The van der Waals surface area contributed by atoms with Crippen LogP contribution in [0.5, 0.6) is 0 Å². The molecule has 2 N–H and O–H groups in total. The number of rotatable bonds is 3. The van der Waals surface area contributed by atoms with E-state index in [1.807, 2.05) is 17.9 Å². The summed E-state index contributed by atoms with van der Waals surface area (Å²) in [4.78, 5) is 5.05. The molecule has 114 valence electrons. The van der Waals surface area contributed by atoms with Crippen LogP contribution in [-0.2, 0) is 7.05 Å². The van der Waals surface area contributed by atoms with E-state index >= 15 is 0 Å². The van der Waals surface area contributed by atoms with Crippen molar-refractivity contribution in [1.82, 2.24) is 19.6 Å². The summed E-state index contributed by atoms with van der Waals surface area (Å²) in [5.41, 5.74) is 7.72. The lowest BCUT2D eigenvalue weighted by atomic mass is 10.00. The maximum absolute atomic E-state index is 6.24. The van der Waals surface area contributed by atoms with Gasteiger partial charge in [0.2, 0.25) is 0 Å². The first kappa shape index (κ1) is 15.5. The Balaban J connectivity index is 2.06. The molecule has 1 fully saturated rings. The Morgan fingerprint density at radius 2 is 1.80 bits per heavy atom. The van der Waals surface area contributed by atoms with Crippen LogP contribution in [0, 0.1) is 0 Å². The zero-order valence-corrected chi connectivity index (χ0v) is 13.5. The molecule has 2 rings (SSSR count). The largest absolute Gasteiger partial charge is 0.326 e. The van der Waals surface area contributed by atoms with E-state index in [1.165, 1.54) is 5.56 Å². The highest BCUT2D eigenvalue weighted by Crippen LogP contribution is 2.26. The third kappa shape index (κ3) is 3.40. The molecule has 1 aliphatic heterocycles. The first-order valence-corrected chi connectivity index (χ1v) is 7.52. The summed E-state index contributed by atoms with van der Waals surface area (Å²) in [6.07, 6.45) is 4.04. The Morgan fingerprint density at radius 1 is 1.20 bits per heavy atom. The topological polar surface area (TPSA) is 50.3 Å². The lowest BCUT2D eigenvalue weighted by Gasteiger charge is -2.45. The molecular formula is C15H29N5. The van der Waals surface area contributed by atoms with Crippen LogP contribution in [0.15, 0.2) is 12.4 Å². The van der Waals surface area contributed by atoms with E-state index in [9.17, 15) is 0 Å². The minimum Gasteiger partial charge on any atom is -0.326 e. The van der Waals surface area contributed by atoms with Crippen molar-refractivity contribution in [3.63, 3.8) is 0 Å². The second-order valence-electron chi connectivity index (χ2n) is 6.95. The fourth-order valence-electron chi connectivity index (χ4n) is 3.11. The average molecular weight is 279 g/mol. The maximum atomic E-state index is 6.24. The van der Waals surface area contributed by atoms with Gasteiger partial charge in [-0.3, -0.25) is 14.5 Å². The molecule has 0 saturated carbocycles. The van der Waals surface area contributed by atoms with E-state index in [4.69, 9.17) is 5.73 Å². The number of aromatic nitrogens is 2. The molecule has 2 heterocycles. The SMILES string of the molecule is CC(N)C(c1cnn(C)c1)N1CCN(C(C)(C)C)CC1. The number of piperazine rings is 1. The van der Waals surface area contributed by atoms with Crippen LogP contribution in [0.3, 0.4) is 0 Å². The molecule has 0 bridgehead atoms. The van der Waals surface area contributed by atoms with Crippen molar-refractivity contribution in [2.24, 2.45) is 12.8 Å². The van der Waals surface area contributed by atoms with E-state index in [0.717, 1.165) is 26.2 Å². The van der Waals surface area contributed by atoms with E-state index in [2.05, 4.69) is 48.8 Å². The zero-order chi connectivity index (χ0) is 14.9. The fourth-order valence-corrected chi connectivity index (χ4v) is 3.11. The van der Waals surface area contributed by atoms with Gasteiger partial charge in [-0.25, -0.2) is 0 Å². The van der Waals surface area contributed by atoms with Crippen LogP contribution >= 0.6 is 0 Å². The quantitative estimate of drug-likeness (QED) is 0.904. The van der Waals surface area contributed by atoms with Crippen molar-refractivity contribution < 1.29 is 0 Å². The molecule has 1 aromatic rings. The molecule has 2 atom stereocenters. The molecule has 1 aliphatic rings. The summed E-state index contributed by atoms with van der Waals surface area (Å²) in [5.74, 6) is 0. The monoisotopic (exact) mass is 279 g/mol. The molecule has 1 aromatic heterocycles. The standard InChI is InChI=1S/C15H29N5/c1-12(16)14(13-10-17-18(5)11-13)19-6-8-20(9-7-19)15(2,3)4/h10-12,14H,6-9,16H2,1-5H3. The van der Waals surface area contributed by atoms with Gasteiger partial charge >= 0.3 is 0 Å². The van der Waals surface area contributed by atoms with E-state index in [1.54, 1.807) is 0 Å². The predicted molar refractivity (Wildman–Crippen MR) is 82.5 cm³/mol. The van der Waals surface area contributed by atoms with E-state index in [-0.39, 0.29) is 17.6 Å². The molecule has 5 nitrogen and oxygen atoms in total. The highest BCUT2D eigenvalue weighted by atomic mass is 15.3. The molecule has 0 radical (unpaired) electrons. The third-order valence-electron chi connectivity index (χ3n) is 4.22. The second-order valence-corrected chi connectivity index (χ2v) is 6.95. The summed E-state index contributed by atoms with van der Waals surface area (Å²) in [5, 5.41) is 4.29. The van der Waals surface area contributed by atoms with Crippen LogP contribution in [0.2, 0.25) is 0 Å². The number of aryl methyl sites for hydroxylation is 1. The Bertz CT molecular complexity index is 424. The normalized spacial score (nSPS) is 21.9. The minimum absolute atomic E-state index is 0.111. The molecule has 5 heteroatoms. The lowest BCUT2D eigenvalue weighted by molar-refractivity contribution is 0.0369. The minimum atomic E-state index is 0.111. The van der Waals surface area contributed by atoms with Gasteiger partial charge < -0.3 is 5.73 Å². The molecule has 0 aromatic carbocycles. The highest BCUT2D eigenvalue weighted by Gasteiger charge is 2.31. The van der Waals surface area contributed by atoms with Gasteiger partial charge in [0.05, 0.1) is 12.2 Å². The van der Waals surface area contributed by atoms with Crippen molar-refractivity contribution in [3.05, 3.63) is 18.0 Å². The van der Waals surface area contributed by atoms with Crippen LogP contribution in [0.1, 0.15) is 39.3 Å². The lowest BCUT2D eigenvalue weighted by Crippen LogP contribution is -2.55. The van der Waals surface area contributed by atoms with Crippen molar-refractivity contribution in [2.75, 3.05) is 26.2 Å². The van der Waals surface area contributed by atoms with Gasteiger partial charge in [-0.1, -0.05) is 0 Å². The smallest absolute Gasteiger partial charge is 0.0538 e. The Hall–Kier alpha value is -0.910. The fraction of sp³-hybridized carbons (Fsp3) is 0.800. The van der Waals surface area contributed by atoms with Gasteiger partial charge in [-0.2, -0.15) is 5.10 Å². The summed E-state index contributed by atoms with van der Waals surface area (Å²) >= 11 is 0. The van der Waals surface area contributed by atoms with Crippen LogP contribution in [0.25, 0.3) is 0 Å². The van der Waals surface area contributed by atoms with Gasteiger partial charge in [0.1, 0.15) is 0 Å². The number of nitrogens with two attached hydrogens (primary N) is 1. The van der Waals surface area contributed by atoms with Gasteiger partial charge in [-0.05, 0) is 27.7 Å². The molecule has 0 amide bonds. The molecule has 1 saturated heterocycles. The van der Waals surface area contributed by atoms with Crippen LogP contribution < -0.4 is 5.73 Å².